The highest BCUT2D eigenvalue weighted by Gasteiger charge is 2.26. The molecule has 22 heavy (non-hydrogen) atoms. The first kappa shape index (κ1) is 18.4. The van der Waals surface area contributed by atoms with Crippen molar-refractivity contribution >= 4 is 19.2 Å². The van der Waals surface area contributed by atoms with Crippen molar-refractivity contribution in [2.75, 3.05) is 13.7 Å². The highest BCUT2D eigenvalue weighted by Crippen LogP contribution is 2.14. The van der Waals surface area contributed by atoms with Crippen LogP contribution in [0.1, 0.15) is 24.2 Å². The summed E-state index contributed by atoms with van der Waals surface area (Å²) < 4.78 is 4.86. The average Bonchev–Trinajstić information content (AvgIpc) is 2.56. The maximum absolute atomic E-state index is 11.9. The fraction of sp³-hybridized carbons (Fsp3) is 0.294. The van der Waals surface area contributed by atoms with Gasteiger partial charge in [-0.3, -0.25) is 4.89 Å². The Bertz CT molecular complexity index is 502. The molecule has 0 saturated heterocycles. The van der Waals surface area contributed by atoms with Gasteiger partial charge in [-0.05, 0) is 25.1 Å². The normalized spacial score (nSPS) is 11.3. The van der Waals surface area contributed by atoms with E-state index in [0.717, 1.165) is 6.04 Å². The Morgan fingerprint density at radius 1 is 1.18 bits per heavy atom. The molecule has 0 aliphatic rings. The minimum Gasteiger partial charge on any atom is -0.381 e. The van der Waals surface area contributed by atoms with E-state index in [0.29, 0.717) is 11.7 Å². The minimum absolute atomic E-state index is 0.273. The molecule has 119 valence electrons. The van der Waals surface area contributed by atoms with Crippen molar-refractivity contribution in [3.63, 3.8) is 0 Å². The highest BCUT2D eigenvalue weighted by molar-refractivity contribution is 6.99. The van der Waals surface area contributed by atoms with E-state index >= 15 is 0 Å². The van der Waals surface area contributed by atoms with E-state index in [4.69, 9.17) is 14.5 Å². The van der Waals surface area contributed by atoms with Gasteiger partial charge in [0.1, 0.15) is 8.07 Å². The van der Waals surface area contributed by atoms with Crippen LogP contribution in [0, 0.1) is 6.10 Å². The second-order valence-corrected chi connectivity index (χ2v) is 9.15. The molecule has 0 saturated carbocycles. The number of benzene rings is 1. The molecule has 0 bridgehead atoms. The van der Waals surface area contributed by atoms with Gasteiger partial charge in [-0.1, -0.05) is 35.6 Å². The van der Waals surface area contributed by atoms with Crippen LogP contribution in [0.3, 0.4) is 0 Å². The first-order valence-electron chi connectivity index (χ1n) is 7.11. The van der Waals surface area contributed by atoms with Crippen LogP contribution in [-0.4, -0.2) is 27.8 Å². The third-order valence-corrected chi connectivity index (χ3v) is 7.61. The molecule has 0 heterocycles. The van der Waals surface area contributed by atoms with E-state index in [1.807, 2.05) is 23.5 Å². The SMILES string of the molecule is C=C[Si](C=C)(CC)c1ccc(C(=O)OO[C](C)COC)cc1. The largest absolute Gasteiger partial charge is 0.381 e. The lowest BCUT2D eigenvalue weighted by Gasteiger charge is -2.23. The summed E-state index contributed by atoms with van der Waals surface area (Å²) in [6, 6.07) is 8.31. The monoisotopic (exact) mass is 319 g/mol. The third-order valence-electron chi connectivity index (χ3n) is 3.58. The number of carbonyl (C=O) groups excluding carboxylic acids is 1. The Morgan fingerprint density at radius 2 is 1.77 bits per heavy atom. The lowest BCUT2D eigenvalue weighted by Crippen LogP contribution is -2.43. The van der Waals surface area contributed by atoms with E-state index in [1.54, 1.807) is 19.1 Å². The molecular formula is C17H23O4Si. The molecule has 0 aliphatic carbocycles. The van der Waals surface area contributed by atoms with E-state index in [2.05, 4.69) is 20.1 Å². The number of hydrogen-bond acceptors (Lipinski definition) is 4. The van der Waals surface area contributed by atoms with Gasteiger partial charge in [-0.2, -0.15) is 4.89 Å². The summed E-state index contributed by atoms with van der Waals surface area (Å²) in [5.74, 6) is -0.539. The lowest BCUT2D eigenvalue weighted by molar-refractivity contribution is -0.237. The topological polar surface area (TPSA) is 44.8 Å². The average molecular weight is 319 g/mol. The van der Waals surface area contributed by atoms with Crippen LogP contribution >= 0.6 is 0 Å². The first-order chi connectivity index (χ1) is 10.5. The number of methoxy groups -OCH3 is 1. The Labute approximate surface area is 133 Å². The second kappa shape index (κ2) is 8.68. The molecule has 1 rings (SSSR count). The lowest BCUT2D eigenvalue weighted by atomic mass is 10.2. The summed E-state index contributed by atoms with van der Waals surface area (Å²) in [5.41, 5.74) is 4.43. The van der Waals surface area contributed by atoms with Crippen molar-refractivity contribution in [2.24, 2.45) is 0 Å². The van der Waals surface area contributed by atoms with Crippen molar-refractivity contribution in [3.8, 4) is 0 Å². The predicted octanol–water partition coefficient (Wildman–Crippen LogP) is 3.10. The number of rotatable bonds is 9. The molecule has 0 spiro atoms. The molecule has 0 N–H and O–H groups in total. The molecular weight excluding hydrogens is 296 g/mol. The molecule has 0 fully saturated rings. The molecule has 0 atom stereocenters. The Kier molecular flexibility index (Phi) is 7.24. The molecule has 1 aromatic rings. The molecule has 0 amide bonds. The van der Waals surface area contributed by atoms with Crippen LogP contribution in [0.5, 0.6) is 0 Å². The van der Waals surface area contributed by atoms with Crippen LogP contribution in [0.2, 0.25) is 6.04 Å². The van der Waals surface area contributed by atoms with Crippen LogP contribution < -0.4 is 5.19 Å². The van der Waals surface area contributed by atoms with Gasteiger partial charge in [-0.15, -0.1) is 13.2 Å². The summed E-state index contributed by atoms with van der Waals surface area (Å²) in [4.78, 5) is 21.5. The van der Waals surface area contributed by atoms with Gasteiger partial charge in [0, 0.05) is 7.11 Å². The molecule has 0 aromatic heterocycles. The highest BCUT2D eigenvalue weighted by atomic mass is 28.3. The van der Waals surface area contributed by atoms with Gasteiger partial charge < -0.3 is 4.74 Å². The quantitative estimate of drug-likeness (QED) is 0.398. The molecule has 1 radical (unpaired) electrons. The van der Waals surface area contributed by atoms with Gasteiger partial charge in [0.25, 0.3) is 0 Å². The maximum atomic E-state index is 11.9. The molecule has 1 aromatic carbocycles. The smallest absolute Gasteiger partial charge is 0.373 e. The summed E-state index contributed by atoms with van der Waals surface area (Å²) in [6.45, 7) is 12.0. The maximum Gasteiger partial charge on any atom is 0.373 e. The van der Waals surface area contributed by atoms with Gasteiger partial charge in [0.2, 0.25) is 0 Å². The summed E-state index contributed by atoms with van der Waals surface area (Å²) in [5, 5.41) is 1.17. The van der Waals surface area contributed by atoms with Crippen molar-refractivity contribution in [1.29, 1.82) is 0 Å². The summed E-state index contributed by atoms with van der Waals surface area (Å²) in [6.07, 6.45) is 0.475. The van der Waals surface area contributed by atoms with Crippen molar-refractivity contribution in [3.05, 3.63) is 60.5 Å². The van der Waals surface area contributed by atoms with Crippen LogP contribution in [0.15, 0.2) is 48.8 Å². The number of ether oxygens (including phenoxy) is 1. The molecule has 0 aliphatic heterocycles. The fourth-order valence-corrected chi connectivity index (χ4v) is 4.52. The van der Waals surface area contributed by atoms with Crippen LogP contribution in [0.25, 0.3) is 0 Å². The van der Waals surface area contributed by atoms with E-state index in [9.17, 15) is 4.79 Å². The fourth-order valence-electron chi connectivity index (χ4n) is 2.11. The zero-order chi connectivity index (χ0) is 16.6. The van der Waals surface area contributed by atoms with Gasteiger partial charge >= 0.3 is 5.97 Å². The zero-order valence-electron chi connectivity index (χ0n) is 13.4. The number of hydrogen-bond donors (Lipinski definition) is 0. The minimum atomic E-state index is -1.87. The van der Waals surface area contributed by atoms with Crippen molar-refractivity contribution in [1.82, 2.24) is 0 Å². The molecule has 4 nitrogen and oxygen atoms in total. The van der Waals surface area contributed by atoms with Crippen LogP contribution in [0.4, 0.5) is 0 Å². The second-order valence-electron chi connectivity index (χ2n) is 4.97. The van der Waals surface area contributed by atoms with Gasteiger partial charge in [0.05, 0.1) is 12.2 Å². The standard InChI is InChI=1S/C17H23O4Si/c1-6-22(7-2,8-3)16-11-9-15(10-12-16)17(18)21-20-14(4)13-19-5/h6-7,9-12H,1-2,8,13H2,3-5H3. The van der Waals surface area contributed by atoms with Crippen molar-refractivity contribution < 1.29 is 19.3 Å². The van der Waals surface area contributed by atoms with Gasteiger partial charge in [0.15, 0.2) is 6.10 Å². The Balaban J connectivity index is 2.78. The van der Waals surface area contributed by atoms with E-state index in [1.165, 1.54) is 12.3 Å². The molecule has 5 heteroatoms. The summed E-state index contributed by atoms with van der Waals surface area (Å²) in [7, 11) is -0.336. The zero-order valence-corrected chi connectivity index (χ0v) is 14.4. The Hall–Kier alpha value is -1.69. The van der Waals surface area contributed by atoms with E-state index < -0.39 is 14.0 Å². The molecule has 0 unspecified atom stereocenters. The third kappa shape index (κ3) is 4.40. The summed E-state index contributed by atoms with van der Waals surface area (Å²) >= 11 is 0. The van der Waals surface area contributed by atoms with Crippen molar-refractivity contribution in [2.45, 2.75) is 19.9 Å². The predicted molar refractivity (Wildman–Crippen MR) is 90.0 cm³/mol. The Morgan fingerprint density at radius 3 is 2.23 bits per heavy atom. The first-order valence-corrected chi connectivity index (χ1v) is 9.47. The number of carbonyl (C=O) groups is 1. The van der Waals surface area contributed by atoms with Gasteiger partial charge in [-0.25, -0.2) is 4.79 Å². The van der Waals surface area contributed by atoms with Crippen LogP contribution in [-0.2, 0) is 14.5 Å². The van der Waals surface area contributed by atoms with E-state index in [-0.39, 0.29) is 6.61 Å².